The molecular weight excluding hydrogens is 374 g/mol. The first-order valence-electron chi connectivity index (χ1n) is 8.88. The second-order valence-corrected chi connectivity index (χ2v) is 7.09. The van der Waals surface area contributed by atoms with Gasteiger partial charge in [-0.15, -0.1) is 0 Å². The molecule has 0 saturated carbocycles. The highest BCUT2D eigenvalue weighted by Crippen LogP contribution is 2.32. The van der Waals surface area contributed by atoms with E-state index in [1.807, 2.05) is 25.3 Å². The van der Waals surface area contributed by atoms with Crippen LogP contribution in [0.15, 0.2) is 36.8 Å². The van der Waals surface area contributed by atoms with Gasteiger partial charge in [0.05, 0.1) is 23.9 Å². The van der Waals surface area contributed by atoms with Gasteiger partial charge in [0.1, 0.15) is 11.9 Å². The van der Waals surface area contributed by atoms with Crippen molar-refractivity contribution >= 4 is 17.4 Å². The number of aryl methyl sites for hydroxylation is 1. The Bertz CT molecular complexity index is 1090. The predicted molar refractivity (Wildman–Crippen MR) is 107 cm³/mol. The lowest BCUT2D eigenvalue weighted by atomic mass is 10.0. The molecule has 0 aliphatic carbocycles. The van der Waals surface area contributed by atoms with Crippen LogP contribution in [0, 0.1) is 18.3 Å². The van der Waals surface area contributed by atoms with Crippen molar-refractivity contribution in [2.75, 3.05) is 18.6 Å². The van der Waals surface area contributed by atoms with E-state index >= 15 is 0 Å². The number of pyridine rings is 3. The zero-order chi connectivity index (χ0) is 19.7. The van der Waals surface area contributed by atoms with Gasteiger partial charge in [-0.05, 0) is 30.2 Å². The van der Waals surface area contributed by atoms with E-state index in [-0.39, 0.29) is 0 Å². The van der Waals surface area contributed by atoms with Gasteiger partial charge in [-0.2, -0.15) is 5.26 Å². The number of aromatic nitrogens is 3. The summed E-state index contributed by atoms with van der Waals surface area (Å²) < 4.78 is 5.22. The second kappa shape index (κ2) is 7.45. The normalized spacial score (nSPS) is 13.0. The summed E-state index contributed by atoms with van der Waals surface area (Å²) in [6.07, 6.45) is 5.89. The fourth-order valence-corrected chi connectivity index (χ4v) is 3.68. The highest BCUT2D eigenvalue weighted by molar-refractivity contribution is 6.33. The Morgan fingerprint density at radius 3 is 2.75 bits per heavy atom. The molecule has 0 spiro atoms. The minimum atomic E-state index is 0.510. The SMILES string of the molecule is COc1cc(-c2cnc3c(c2)CN(c2ncc(C#N)cc2C)CC3)c(Cl)cn1. The fourth-order valence-electron chi connectivity index (χ4n) is 3.47. The number of fused-ring (bicyclic) bond motifs is 1. The first-order valence-corrected chi connectivity index (χ1v) is 9.26. The molecule has 0 atom stereocenters. The number of halogens is 1. The number of nitriles is 1. The second-order valence-electron chi connectivity index (χ2n) is 6.68. The summed E-state index contributed by atoms with van der Waals surface area (Å²) >= 11 is 6.35. The van der Waals surface area contributed by atoms with Crippen molar-refractivity contribution in [3.63, 3.8) is 0 Å². The number of methoxy groups -OCH3 is 1. The van der Waals surface area contributed by atoms with Gasteiger partial charge in [-0.25, -0.2) is 9.97 Å². The van der Waals surface area contributed by atoms with E-state index in [0.29, 0.717) is 23.0 Å². The minimum Gasteiger partial charge on any atom is -0.481 e. The summed E-state index contributed by atoms with van der Waals surface area (Å²) in [5.74, 6) is 1.41. The molecule has 0 bridgehead atoms. The van der Waals surface area contributed by atoms with E-state index in [0.717, 1.165) is 46.7 Å². The topological polar surface area (TPSA) is 74.9 Å². The summed E-state index contributed by atoms with van der Waals surface area (Å²) in [5, 5.41) is 9.61. The Balaban J connectivity index is 1.68. The quantitative estimate of drug-likeness (QED) is 0.673. The Morgan fingerprint density at radius 1 is 1.14 bits per heavy atom. The molecule has 0 radical (unpaired) electrons. The van der Waals surface area contributed by atoms with E-state index < -0.39 is 0 Å². The maximum Gasteiger partial charge on any atom is 0.213 e. The summed E-state index contributed by atoms with van der Waals surface area (Å²) in [6.45, 7) is 3.52. The van der Waals surface area contributed by atoms with Gasteiger partial charge in [0.15, 0.2) is 0 Å². The van der Waals surface area contributed by atoms with Crippen molar-refractivity contribution in [1.82, 2.24) is 15.0 Å². The van der Waals surface area contributed by atoms with E-state index in [1.165, 1.54) is 0 Å². The Labute approximate surface area is 168 Å². The third-order valence-corrected chi connectivity index (χ3v) is 5.17. The van der Waals surface area contributed by atoms with Crippen molar-refractivity contribution in [1.29, 1.82) is 5.26 Å². The minimum absolute atomic E-state index is 0.510. The molecule has 0 unspecified atom stereocenters. The molecule has 4 heterocycles. The molecule has 0 saturated heterocycles. The smallest absolute Gasteiger partial charge is 0.213 e. The lowest BCUT2D eigenvalue weighted by Gasteiger charge is -2.30. The maximum absolute atomic E-state index is 9.06. The highest BCUT2D eigenvalue weighted by Gasteiger charge is 2.21. The Hall–Kier alpha value is -3.17. The van der Waals surface area contributed by atoms with Gasteiger partial charge in [-0.3, -0.25) is 4.98 Å². The van der Waals surface area contributed by atoms with Crippen LogP contribution < -0.4 is 9.64 Å². The molecule has 0 amide bonds. The summed E-state index contributed by atoms with van der Waals surface area (Å²) in [6, 6.07) is 7.94. The van der Waals surface area contributed by atoms with Crippen molar-refractivity contribution in [3.8, 4) is 23.1 Å². The van der Waals surface area contributed by atoms with Crippen molar-refractivity contribution < 1.29 is 4.74 Å². The third-order valence-electron chi connectivity index (χ3n) is 4.87. The van der Waals surface area contributed by atoms with Crippen LogP contribution >= 0.6 is 11.6 Å². The molecule has 4 rings (SSSR count). The Morgan fingerprint density at radius 2 is 2.00 bits per heavy atom. The molecule has 28 heavy (non-hydrogen) atoms. The average molecular weight is 392 g/mol. The zero-order valence-electron chi connectivity index (χ0n) is 15.6. The van der Waals surface area contributed by atoms with Crippen LogP contribution in [0.5, 0.6) is 5.88 Å². The average Bonchev–Trinajstić information content (AvgIpc) is 2.73. The van der Waals surface area contributed by atoms with Gasteiger partial charge in [-0.1, -0.05) is 11.6 Å². The number of hydrogen-bond acceptors (Lipinski definition) is 6. The van der Waals surface area contributed by atoms with Crippen LogP contribution in [0.4, 0.5) is 5.82 Å². The molecule has 0 aromatic carbocycles. The van der Waals surface area contributed by atoms with Gasteiger partial charge < -0.3 is 9.64 Å². The van der Waals surface area contributed by atoms with Gasteiger partial charge >= 0.3 is 0 Å². The first kappa shape index (κ1) is 18.2. The van der Waals surface area contributed by atoms with Crippen LogP contribution in [0.2, 0.25) is 5.02 Å². The standard InChI is InChI=1S/C21H18ClN5O/c1-13-5-14(8-23)9-26-21(13)27-4-3-19-16(12-27)6-15(10-24-19)17-7-20(28-2)25-11-18(17)22/h5-7,9-11H,3-4,12H2,1-2H3. The molecular formula is C21H18ClN5O. The lowest BCUT2D eigenvalue weighted by molar-refractivity contribution is 0.398. The first-order chi connectivity index (χ1) is 13.6. The van der Waals surface area contributed by atoms with E-state index in [4.69, 9.17) is 21.6 Å². The molecule has 7 heteroatoms. The van der Waals surface area contributed by atoms with Crippen molar-refractivity contribution in [3.05, 3.63) is 64.2 Å². The van der Waals surface area contributed by atoms with E-state index in [9.17, 15) is 0 Å². The summed E-state index contributed by atoms with van der Waals surface area (Å²) in [5.41, 5.74) is 5.56. The maximum atomic E-state index is 9.06. The van der Waals surface area contributed by atoms with Crippen LogP contribution in [-0.4, -0.2) is 28.6 Å². The summed E-state index contributed by atoms with van der Waals surface area (Å²) in [4.78, 5) is 15.5. The number of anilines is 1. The number of nitrogens with zero attached hydrogens (tertiary/aromatic N) is 5. The monoisotopic (exact) mass is 391 g/mol. The molecule has 0 N–H and O–H groups in total. The zero-order valence-corrected chi connectivity index (χ0v) is 16.4. The van der Waals surface area contributed by atoms with Gasteiger partial charge in [0.2, 0.25) is 5.88 Å². The highest BCUT2D eigenvalue weighted by atomic mass is 35.5. The summed E-state index contributed by atoms with van der Waals surface area (Å²) in [7, 11) is 1.58. The largest absolute Gasteiger partial charge is 0.481 e. The molecule has 140 valence electrons. The van der Waals surface area contributed by atoms with Gasteiger partial charge in [0, 0.05) is 54.8 Å². The van der Waals surface area contributed by atoms with Crippen LogP contribution in [0.1, 0.15) is 22.4 Å². The van der Waals surface area contributed by atoms with E-state index in [2.05, 4.69) is 32.0 Å². The molecule has 0 fully saturated rings. The lowest BCUT2D eigenvalue weighted by Crippen LogP contribution is -2.32. The predicted octanol–water partition coefficient (Wildman–Crippen LogP) is 3.94. The Kier molecular flexibility index (Phi) is 4.84. The van der Waals surface area contributed by atoms with Crippen molar-refractivity contribution in [2.24, 2.45) is 0 Å². The number of ether oxygens (including phenoxy) is 1. The molecule has 6 nitrogen and oxygen atoms in total. The third kappa shape index (κ3) is 3.37. The van der Waals surface area contributed by atoms with Crippen LogP contribution in [0.3, 0.4) is 0 Å². The molecule has 1 aliphatic heterocycles. The van der Waals surface area contributed by atoms with Crippen molar-refractivity contribution in [2.45, 2.75) is 19.9 Å². The molecule has 3 aromatic rings. The number of hydrogen-bond donors (Lipinski definition) is 0. The van der Waals surface area contributed by atoms with Crippen LogP contribution in [0.25, 0.3) is 11.1 Å². The molecule has 1 aliphatic rings. The van der Waals surface area contributed by atoms with E-state index in [1.54, 1.807) is 19.5 Å². The molecule has 3 aromatic heterocycles. The van der Waals surface area contributed by atoms with Crippen LogP contribution in [-0.2, 0) is 13.0 Å². The number of rotatable bonds is 3. The van der Waals surface area contributed by atoms with Gasteiger partial charge in [0.25, 0.3) is 0 Å². The fraction of sp³-hybridized carbons (Fsp3) is 0.238.